The molecular formula is C14H22N2. The van der Waals surface area contributed by atoms with Gasteiger partial charge in [0.2, 0.25) is 0 Å². The maximum Gasteiger partial charge on any atom is 0.0390 e. The van der Waals surface area contributed by atoms with E-state index in [0.29, 0.717) is 0 Å². The Morgan fingerprint density at radius 3 is 2.81 bits per heavy atom. The second-order valence-corrected chi connectivity index (χ2v) is 4.28. The van der Waals surface area contributed by atoms with Crippen LogP contribution < -0.4 is 0 Å². The lowest BCUT2D eigenvalue weighted by Gasteiger charge is -2.14. The SMILES string of the molecule is CCC/N=C(\CCC=N)C1=CC=C(C)CC1. The van der Waals surface area contributed by atoms with Crippen molar-refractivity contribution in [1.29, 1.82) is 5.41 Å². The van der Waals surface area contributed by atoms with E-state index < -0.39 is 0 Å². The van der Waals surface area contributed by atoms with Gasteiger partial charge in [-0.25, -0.2) is 0 Å². The van der Waals surface area contributed by atoms with E-state index in [1.54, 1.807) is 0 Å². The Balaban J connectivity index is 2.72. The standard InChI is InChI=1S/C14H22N2/c1-3-11-16-14(5-4-10-15)13-8-6-12(2)7-9-13/h6,8,10,15H,3-5,7,9,11H2,1-2H3/b15-10?,16-14+. The van der Waals surface area contributed by atoms with E-state index in [0.717, 1.165) is 38.6 Å². The van der Waals surface area contributed by atoms with Gasteiger partial charge in [-0.15, -0.1) is 0 Å². The summed E-state index contributed by atoms with van der Waals surface area (Å²) in [6.45, 7) is 5.23. The van der Waals surface area contributed by atoms with Crippen LogP contribution in [0.15, 0.2) is 28.3 Å². The smallest absolute Gasteiger partial charge is 0.0390 e. The van der Waals surface area contributed by atoms with Gasteiger partial charge in [0.1, 0.15) is 0 Å². The molecule has 88 valence electrons. The summed E-state index contributed by atoms with van der Waals surface area (Å²) in [5, 5.41) is 7.11. The molecule has 0 aromatic rings. The Morgan fingerprint density at radius 2 is 2.25 bits per heavy atom. The molecule has 1 aliphatic carbocycles. The lowest BCUT2D eigenvalue weighted by atomic mass is 9.94. The number of hydrogen-bond acceptors (Lipinski definition) is 2. The van der Waals surface area contributed by atoms with E-state index in [2.05, 4.69) is 31.0 Å². The Kier molecular flexibility index (Phi) is 5.76. The fraction of sp³-hybridized carbons (Fsp3) is 0.571. The molecule has 1 N–H and O–H groups in total. The molecule has 0 fully saturated rings. The lowest BCUT2D eigenvalue weighted by molar-refractivity contribution is 0.898. The van der Waals surface area contributed by atoms with Crippen LogP contribution in [0.1, 0.15) is 46.0 Å². The first kappa shape index (κ1) is 12.9. The molecule has 0 spiro atoms. The quantitative estimate of drug-likeness (QED) is 0.656. The van der Waals surface area contributed by atoms with Gasteiger partial charge in [-0.05, 0) is 50.8 Å². The summed E-state index contributed by atoms with van der Waals surface area (Å²) in [5.41, 5.74) is 4.04. The van der Waals surface area contributed by atoms with Gasteiger partial charge < -0.3 is 5.41 Å². The van der Waals surface area contributed by atoms with E-state index >= 15 is 0 Å². The molecule has 0 atom stereocenters. The van der Waals surface area contributed by atoms with Crippen molar-refractivity contribution in [2.75, 3.05) is 6.54 Å². The molecule has 0 radical (unpaired) electrons. The second kappa shape index (κ2) is 7.15. The Morgan fingerprint density at radius 1 is 1.44 bits per heavy atom. The molecule has 2 nitrogen and oxygen atoms in total. The lowest BCUT2D eigenvalue weighted by Crippen LogP contribution is -2.07. The molecule has 1 rings (SSSR count). The van der Waals surface area contributed by atoms with Crippen LogP contribution in [0, 0.1) is 5.41 Å². The summed E-state index contributed by atoms with van der Waals surface area (Å²) < 4.78 is 0. The van der Waals surface area contributed by atoms with Crippen molar-refractivity contribution < 1.29 is 0 Å². The molecule has 1 aliphatic rings. The molecule has 16 heavy (non-hydrogen) atoms. The maximum absolute atomic E-state index is 7.11. The summed E-state index contributed by atoms with van der Waals surface area (Å²) in [7, 11) is 0. The molecule has 2 heteroatoms. The Bertz CT molecular complexity index is 322. The van der Waals surface area contributed by atoms with Gasteiger partial charge in [0.25, 0.3) is 0 Å². The number of hydrogen-bond donors (Lipinski definition) is 1. The van der Waals surface area contributed by atoms with Crippen molar-refractivity contribution in [3.63, 3.8) is 0 Å². The molecule has 0 bridgehead atoms. The molecule has 0 aromatic carbocycles. The topological polar surface area (TPSA) is 36.2 Å². The number of nitrogens with one attached hydrogen (secondary N) is 1. The average molecular weight is 218 g/mol. The van der Waals surface area contributed by atoms with Gasteiger partial charge in [0.05, 0.1) is 0 Å². The monoisotopic (exact) mass is 218 g/mol. The average Bonchev–Trinajstić information content (AvgIpc) is 2.31. The molecule has 0 amide bonds. The van der Waals surface area contributed by atoms with Crippen LogP contribution in [0.4, 0.5) is 0 Å². The largest absolute Gasteiger partial charge is 0.313 e. The van der Waals surface area contributed by atoms with Crippen molar-refractivity contribution in [2.24, 2.45) is 4.99 Å². The van der Waals surface area contributed by atoms with Crippen molar-refractivity contribution in [3.05, 3.63) is 23.3 Å². The van der Waals surface area contributed by atoms with Gasteiger partial charge >= 0.3 is 0 Å². The van der Waals surface area contributed by atoms with E-state index in [9.17, 15) is 0 Å². The van der Waals surface area contributed by atoms with Gasteiger partial charge in [0.15, 0.2) is 0 Å². The van der Waals surface area contributed by atoms with Crippen LogP contribution in [0.3, 0.4) is 0 Å². The first-order valence-electron chi connectivity index (χ1n) is 6.17. The molecule has 0 saturated heterocycles. The highest BCUT2D eigenvalue weighted by atomic mass is 14.7. The predicted octanol–water partition coefficient (Wildman–Crippen LogP) is 3.93. The summed E-state index contributed by atoms with van der Waals surface area (Å²) in [6.07, 6.45) is 11.0. The summed E-state index contributed by atoms with van der Waals surface area (Å²) >= 11 is 0. The number of aliphatic imine (C=N–C) groups is 1. The number of nitrogens with zero attached hydrogens (tertiary/aromatic N) is 1. The summed E-state index contributed by atoms with van der Waals surface area (Å²) in [6, 6.07) is 0. The van der Waals surface area contributed by atoms with Gasteiger partial charge in [-0.3, -0.25) is 4.99 Å². The summed E-state index contributed by atoms with van der Waals surface area (Å²) in [4.78, 5) is 4.64. The van der Waals surface area contributed by atoms with Crippen LogP contribution in [-0.4, -0.2) is 18.5 Å². The third-order valence-corrected chi connectivity index (χ3v) is 2.78. The second-order valence-electron chi connectivity index (χ2n) is 4.28. The fourth-order valence-electron chi connectivity index (χ4n) is 1.78. The molecule has 0 saturated carbocycles. The Hall–Kier alpha value is -1.18. The highest BCUT2D eigenvalue weighted by molar-refractivity contribution is 6.01. The zero-order chi connectivity index (χ0) is 11.8. The predicted molar refractivity (Wildman–Crippen MR) is 71.7 cm³/mol. The van der Waals surface area contributed by atoms with Crippen LogP contribution in [0.25, 0.3) is 0 Å². The third-order valence-electron chi connectivity index (χ3n) is 2.78. The van der Waals surface area contributed by atoms with E-state index in [4.69, 9.17) is 5.41 Å². The zero-order valence-corrected chi connectivity index (χ0v) is 10.4. The molecule has 0 aliphatic heterocycles. The van der Waals surface area contributed by atoms with Crippen molar-refractivity contribution in [3.8, 4) is 0 Å². The maximum atomic E-state index is 7.11. The van der Waals surface area contributed by atoms with Gasteiger partial charge in [-0.1, -0.05) is 24.6 Å². The molecular weight excluding hydrogens is 196 g/mol. The molecule has 0 unspecified atom stereocenters. The summed E-state index contributed by atoms with van der Waals surface area (Å²) in [5.74, 6) is 0. The Labute approximate surface area is 98.7 Å². The van der Waals surface area contributed by atoms with Gasteiger partial charge in [-0.2, -0.15) is 0 Å². The van der Waals surface area contributed by atoms with Crippen LogP contribution in [0.2, 0.25) is 0 Å². The van der Waals surface area contributed by atoms with Crippen LogP contribution in [-0.2, 0) is 0 Å². The van der Waals surface area contributed by atoms with Crippen LogP contribution >= 0.6 is 0 Å². The number of rotatable bonds is 6. The number of allylic oxidation sites excluding steroid dienone is 4. The van der Waals surface area contributed by atoms with Crippen molar-refractivity contribution in [2.45, 2.75) is 46.0 Å². The highest BCUT2D eigenvalue weighted by Gasteiger charge is 2.09. The minimum atomic E-state index is 0.808. The van der Waals surface area contributed by atoms with E-state index in [1.807, 2.05) is 0 Å². The first-order valence-corrected chi connectivity index (χ1v) is 6.17. The van der Waals surface area contributed by atoms with Crippen LogP contribution in [0.5, 0.6) is 0 Å². The molecule has 0 heterocycles. The first-order chi connectivity index (χ1) is 7.77. The molecule has 0 aromatic heterocycles. The third kappa shape index (κ3) is 4.13. The minimum Gasteiger partial charge on any atom is -0.313 e. The van der Waals surface area contributed by atoms with Crippen molar-refractivity contribution >= 4 is 11.9 Å². The van der Waals surface area contributed by atoms with E-state index in [-0.39, 0.29) is 0 Å². The fourth-order valence-corrected chi connectivity index (χ4v) is 1.78. The normalized spacial score (nSPS) is 16.8. The van der Waals surface area contributed by atoms with E-state index in [1.165, 1.54) is 23.1 Å². The highest BCUT2D eigenvalue weighted by Crippen LogP contribution is 2.20. The van der Waals surface area contributed by atoms with Gasteiger partial charge in [0, 0.05) is 12.3 Å². The van der Waals surface area contributed by atoms with Crippen molar-refractivity contribution in [1.82, 2.24) is 0 Å². The zero-order valence-electron chi connectivity index (χ0n) is 10.4. The minimum absolute atomic E-state index is 0.808.